The molecule has 0 amide bonds. The third-order valence-corrected chi connectivity index (χ3v) is 5.17. The number of hydrogen-bond donors (Lipinski definition) is 0. The van der Waals surface area contributed by atoms with Crippen molar-refractivity contribution in [1.29, 1.82) is 5.26 Å². The Morgan fingerprint density at radius 3 is 2.61 bits per heavy atom. The maximum atomic E-state index is 13.0. The van der Waals surface area contributed by atoms with Crippen molar-refractivity contribution in [3.05, 3.63) is 82.2 Å². The monoisotopic (exact) mass is 444 g/mol. The number of carbonyl (C=O) groups is 1. The number of aromatic nitrogens is 3. The van der Waals surface area contributed by atoms with Crippen molar-refractivity contribution in [3.63, 3.8) is 0 Å². The van der Waals surface area contributed by atoms with E-state index in [4.69, 9.17) is 4.74 Å². The van der Waals surface area contributed by atoms with Gasteiger partial charge in [-0.15, -0.1) is 10.2 Å². The molecule has 1 fully saturated rings. The van der Waals surface area contributed by atoms with Gasteiger partial charge in [0, 0.05) is 25.2 Å². The summed E-state index contributed by atoms with van der Waals surface area (Å²) in [7, 11) is 0. The summed E-state index contributed by atoms with van der Waals surface area (Å²) in [5.41, 5.74) is 1.13. The van der Waals surface area contributed by atoms with E-state index in [1.807, 2.05) is 41.3 Å². The van der Waals surface area contributed by atoms with E-state index in [2.05, 4.69) is 10.2 Å². The van der Waals surface area contributed by atoms with Crippen LogP contribution in [0.5, 0.6) is 0 Å². The molecule has 0 unspecified atom stereocenters. The third-order valence-electron chi connectivity index (χ3n) is 5.17. The van der Waals surface area contributed by atoms with Crippen LogP contribution in [-0.2, 0) is 9.53 Å². The minimum atomic E-state index is -1.21. The number of nitro groups is 1. The normalized spacial score (nSPS) is 14.7. The highest BCUT2D eigenvalue weighted by Gasteiger charge is 2.29. The maximum absolute atomic E-state index is 13.0. The predicted molar refractivity (Wildman–Crippen MR) is 120 cm³/mol. The van der Waals surface area contributed by atoms with E-state index >= 15 is 0 Å². The molecule has 166 valence electrons. The van der Waals surface area contributed by atoms with Crippen molar-refractivity contribution < 1.29 is 14.5 Å². The highest BCUT2D eigenvalue weighted by atomic mass is 16.6. The Morgan fingerprint density at radius 1 is 1.15 bits per heavy atom. The SMILES string of the molecule is N#C[C@H](C(=O)/C=C/c1cccc([N+](=O)[O-])c1)c1nnc(N2CCOCC2)n1-c1ccccc1. The molecule has 33 heavy (non-hydrogen) atoms. The number of anilines is 1. The number of benzene rings is 2. The molecule has 0 N–H and O–H groups in total. The molecule has 4 rings (SSSR count). The number of nitrogens with zero attached hydrogens (tertiary/aromatic N) is 6. The van der Waals surface area contributed by atoms with Crippen molar-refractivity contribution in [2.75, 3.05) is 31.2 Å². The molecule has 0 aliphatic carbocycles. The van der Waals surface area contributed by atoms with Crippen LogP contribution in [0.25, 0.3) is 11.8 Å². The van der Waals surface area contributed by atoms with Crippen LogP contribution >= 0.6 is 0 Å². The summed E-state index contributed by atoms with van der Waals surface area (Å²) in [6.45, 7) is 2.32. The molecule has 1 atom stereocenters. The molecule has 0 spiro atoms. The van der Waals surface area contributed by atoms with Gasteiger partial charge in [0.05, 0.1) is 29.9 Å². The minimum Gasteiger partial charge on any atom is -0.378 e. The summed E-state index contributed by atoms with van der Waals surface area (Å²) in [6.07, 6.45) is 2.69. The van der Waals surface area contributed by atoms with E-state index in [0.29, 0.717) is 37.8 Å². The number of morpholine rings is 1. The summed E-state index contributed by atoms with van der Waals surface area (Å²) in [5, 5.41) is 29.3. The lowest BCUT2D eigenvalue weighted by molar-refractivity contribution is -0.384. The molecule has 10 heteroatoms. The Morgan fingerprint density at radius 2 is 1.91 bits per heavy atom. The molecular formula is C23H20N6O4. The largest absolute Gasteiger partial charge is 0.378 e. The summed E-state index contributed by atoms with van der Waals surface area (Å²) in [6, 6.07) is 17.2. The molecule has 2 aromatic carbocycles. The second-order valence-corrected chi connectivity index (χ2v) is 7.28. The fourth-order valence-corrected chi connectivity index (χ4v) is 3.53. The molecule has 1 saturated heterocycles. The van der Waals surface area contributed by atoms with Gasteiger partial charge in [0.25, 0.3) is 5.69 Å². The smallest absolute Gasteiger partial charge is 0.270 e. The van der Waals surface area contributed by atoms with Gasteiger partial charge in [-0.1, -0.05) is 36.4 Å². The molecule has 3 aromatic rings. The average molecular weight is 444 g/mol. The Balaban J connectivity index is 1.68. The van der Waals surface area contributed by atoms with Gasteiger partial charge < -0.3 is 9.64 Å². The Labute approximate surface area is 189 Å². The summed E-state index contributed by atoms with van der Waals surface area (Å²) in [5.74, 6) is -0.960. The molecule has 1 aromatic heterocycles. The lowest BCUT2D eigenvalue weighted by Gasteiger charge is -2.28. The number of nitriles is 1. The fraction of sp³-hybridized carbons (Fsp3) is 0.217. The predicted octanol–water partition coefficient (Wildman–Crippen LogP) is 2.90. The van der Waals surface area contributed by atoms with Gasteiger partial charge in [-0.2, -0.15) is 5.26 Å². The van der Waals surface area contributed by atoms with Gasteiger partial charge >= 0.3 is 0 Å². The van der Waals surface area contributed by atoms with Crippen LogP contribution in [-0.4, -0.2) is 51.8 Å². The standard InChI is InChI=1S/C23H20N6O4/c24-16-20(21(30)10-9-17-5-4-8-19(15-17)29(31)32)22-25-26-23(27-11-13-33-14-12-27)28(22)18-6-2-1-3-7-18/h1-10,15,20H,11-14H2/b10-9+/t20-/m1/s1. The number of nitro benzene ring substituents is 1. The molecule has 0 saturated carbocycles. The number of rotatable bonds is 7. The van der Waals surface area contributed by atoms with E-state index in [9.17, 15) is 20.2 Å². The number of para-hydroxylation sites is 1. The van der Waals surface area contributed by atoms with Crippen molar-refractivity contribution in [2.45, 2.75) is 5.92 Å². The fourth-order valence-electron chi connectivity index (χ4n) is 3.53. The number of ether oxygens (including phenoxy) is 1. The minimum absolute atomic E-state index is 0.0830. The molecule has 0 bridgehead atoms. The Bertz CT molecular complexity index is 1230. The van der Waals surface area contributed by atoms with E-state index < -0.39 is 16.6 Å². The van der Waals surface area contributed by atoms with Crippen LogP contribution in [0.15, 0.2) is 60.7 Å². The van der Waals surface area contributed by atoms with Crippen LogP contribution < -0.4 is 4.90 Å². The van der Waals surface area contributed by atoms with Crippen molar-refractivity contribution in [3.8, 4) is 11.8 Å². The van der Waals surface area contributed by atoms with E-state index in [1.165, 1.54) is 30.4 Å². The van der Waals surface area contributed by atoms with Gasteiger partial charge in [-0.25, -0.2) is 0 Å². The first-order valence-electron chi connectivity index (χ1n) is 10.3. The van der Waals surface area contributed by atoms with Gasteiger partial charge in [0.2, 0.25) is 5.95 Å². The van der Waals surface area contributed by atoms with Gasteiger partial charge in [-0.05, 0) is 23.8 Å². The first-order valence-corrected chi connectivity index (χ1v) is 10.3. The molecule has 10 nitrogen and oxygen atoms in total. The number of allylic oxidation sites excluding steroid dienone is 1. The summed E-state index contributed by atoms with van der Waals surface area (Å²) in [4.78, 5) is 25.5. The van der Waals surface area contributed by atoms with Crippen LogP contribution in [0.1, 0.15) is 17.3 Å². The number of non-ortho nitro benzene ring substituents is 1. The van der Waals surface area contributed by atoms with E-state index in [0.717, 1.165) is 5.69 Å². The highest BCUT2D eigenvalue weighted by Crippen LogP contribution is 2.26. The second kappa shape index (κ2) is 9.84. The molecular weight excluding hydrogens is 424 g/mol. The van der Waals surface area contributed by atoms with Crippen LogP contribution in [0.4, 0.5) is 11.6 Å². The molecule has 2 heterocycles. The quantitative estimate of drug-likeness (QED) is 0.309. The van der Waals surface area contributed by atoms with Crippen LogP contribution in [0.2, 0.25) is 0 Å². The van der Waals surface area contributed by atoms with Crippen molar-refractivity contribution >= 4 is 23.5 Å². The first kappa shape index (κ1) is 21.9. The van der Waals surface area contributed by atoms with Crippen molar-refractivity contribution in [2.24, 2.45) is 0 Å². The van der Waals surface area contributed by atoms with Gasteiger partial charge in [0.15, 0.2) is 17.5 Å². The van der Waals surface area contributed by atoms with Gasteiger partial charge in [0.1, 0.15) is 0 Å². The highest BCUT2D eigenvalue weighted by molar-refractivity contribution is 6.00. The zero-order chi connectivity index (χ0) is 23.2. The Kier molecular flexibility index (Phi) is 6.52. The Hall–Kier alpha value is -4.36. The number of ketones is 1. The number of carbonyl (C=O) groups excluding carboxylic acids is 1. The topological polar surface area (TPSA) is 127 Å². The van der Waals surface area contributed by atoms with Gasteiger partial charge in [-0.3, -0.25) is 19.5 Å². The third kappa shape index (κ3) is 4.78. The lowest BCUT2D eigenvalue weighted by atomic mass is 10.0. The maximum Gasteiger partial charge on any atom is 0.270 e. The molecule has 1 aliphatic heterocycles. The molecule has 1 aliphatic rings. The molecule has 0 radical (unpaired) electrons. The summed E-state index contributed by atoms with van der Waals surface area (Å²) >= 11 is 0. The number of hydrogen-bond acceptors (Lipinski definition) is 8. The zero-order valence-corrected chi connectivity index (χ0v) is 17.6. The van der Waals surface area contributed by atoms with Crippen molar-refractivity contribution in [1.82, 2.24) is 14.8 Å². The van der Waals surface area contributed by atoms with E-state index in [-0.39, 0.29) is 11.5 Å². The van der Waals surface area contributed by atoms with Crippen LogP contribution in [0.3, 0.4) is 0 Å². The lowest BCUT2D eigenvalue weighted by Crippen LogP contribution is -2.38. The first-order chi connectivity index (χ1) is 16.1. The van der Waals surface area contributed by atoms with E-state index in [1.54, 1.807) is 10.6 Å². The zero-order valence-electron chi connectivity index (χ0n) is 17.6. The van der Waals surface area contributed by atoms with Crippen LogP contribution in [0, 0.1) is 21.4 Å². The average Bonchev–Trinajstić information content (AvgIpc) is 3.29. The summed E-state index contributed by atoms with van der Waals surface area (Å²) < 4.78 is 7.14. The second-order valence-electron chi connectivity index (χ2n) is 7.28.